The lowest BCUT2D eigenvalue weighted by Crippen LogP contribution is -2.55. The number of amides is 1. The Hall–Kier alpha value is -3.67. The molecular weight excluding hydrogens is 703 g/mol. The number of rotatable bonds is 10. The van der Waals surface area contributed by atoms with E-state index in [1.54, 1.807) is 16.7 Å². The quantitative estimate of drug-likeness (QED) is 0.180. The highest BCUT2D eigenvalue weighted by molar-refractivity contribution is 8.09. The second-order valence-electron chi connectivity index (χ2n) is 15.2. The van der Waals surface area contributed by atoms with Gasteiger partial charge in [0, 0.05) is 66.3 Å². The van der Waals surface area contributed by atoms with Crippen molar-refractivity contribution >= 4 is 51.7 Å². The molecule has 5 aliphatic rings. The number of ether oxygens (including phenoxy) is 1. The van der Waals surface area contributed by atoms with Gasteiger partial charge in [-0.3, -0.25) is 14.7 Å². The summed E-state index contributed by atoms with van der Waals surface area (Å²) in [6.45, 7) is 13.4. The summed E-state index contributed by atoms with van der Waals surface area (Å²) < 4.78 is 33.7. The van der Waals surface area contributed by atoms with Gasteiger partial charge in [-0.25, -0.2) is 8.78 Å². The topological polar surface area (TPSA) is 102 Å². The molecule has 0 radical (unpaired) electrons. The number of hydrogen-bond donors (Lipinski definition) is 0. The van der Waals surface area contributed by atoms with Crippen LogP contribution in [0.1, 0.15) is 49.9 Å². The van der Waals surface area contributed by atoms with Crippen LogP contribution in [0.15, 0.2) is 43.2 Å². The number of alkyl halides is 2. The highest BCUT2D eigenvalue weighted by Gasteiger charge is 2.69. The molecular formula is C38H44F2N8O2S2. The van der Waals surface area contributed by atoms with Crippen molar-refractivity contribution in [1.82, 2.24) is 24.8 Å². The van der Waals surface area contributed by atoms with Gasteiger partial charge in [0.2, 0.25) is 11.8 Å². The molecule has 4 fully saturated rings. The molecule has 1 saturated carbocycles. The van der Waals surface area contributed by atoms with Gasteiger partial charge in [0.1, 0.15) is 12.4 Å². The Kier molecular flexibility index (Phi) is 8.86. The van der Waals surface area contributed by atoms with Crippen LogP contribution in [0.5, 0.6) is 6.01 Å². The molecule has 0 spiro atoms. The molecule has 0 bridgehead atoms. The Morgan fingerprint density at radius 3 is 2.73 bits per heavy atom. The van der Waals surface area contributed by atoms with E-state index < -0.39 is 5.92 Å². The van der Waals surface area contributed by atoms with Crippen LogP contribution in [-0.2, 0) is 17.8 Å². The molecule has 3 saturated heterocycles. The van der Waals surface area contributed by atoms with Gasteiger partial charge in [-0.1, -0.05) is 24.8 Å². The minimum absolute atomic E-state index is 0.0137. The first-order valence-electron chi connectivity index (χ1n) is 18.0. The zero-order chi connectivity index (χ0) is 36.6. The molecule has 5 atom stereocenters. The largest absolute Gasteiger partial charge is 0.462 e. The minimum atomic E-state index is -2.52. The van der Waals surface area contributed by atoms with Gasteiger partial charge < -0.3 is 19.4 Å². The number of aromatic nitrogens is 3. The van der Waals surface area contributed by atoms with E-state index in [4.69, 9.17) is 14.7 Å². The number of thioether (sulfide) groups is 2. The SMILES string of the molecule is C=CC(=O)N1CCN(c2nc(OCC3S[C@]3(C)N(C)C3S[C@@]3(C)C3CC(F)(F)C3)nc3c2CCN(c2cncc4cccc(C)c24)C3)C[C@@H]1CC#N. The van der Waals surface area contributed by atoms with E-state index in [0.717, 1.165) is 34.7 Å². The number of pyridine rings is 1. The average molecular weight is 747 g/mol. The van der Waals surface area contributed by atoms with E-state index >= 15 is 0 Å². The molecule has 274 valence electrons. The summed E-state index contributed by atoms with van der Waals surface area (Å²) in [4.78, 5) is 35.7. The molecule has 6 heterocycles. The first-order valence-corrected chi connectivity index (χ1v) is 19.7. The van der Waals surface area contributed by atoms with E-state index in [1.165, 1.54) is 17.0 Å². The molecule has 3 aromatic rings. The fourth-order valence-electron chi connectivity index (χ4n) is 8.47. The number of nitrogens with zero attached hydrogens (tertiary/aromatic N) is 8. The van der Waals surface area contributed by atoms with Crippen molar-refractivity contribution in [3.63, 3.8) is 0 Å². The van der Waals surface area contributed by atoms with Gasteiger partial charge in [0.25, 0.3) is 0 Å². The predicted octanol–water partition coefficient (Wildman–Crippen LogP) is 6.03. The van der Waals surface area contributed by atoms with Gasteiger partial charge in [0.05, 0.1) is 58.1 Å². The van der Waals surface area contributed by atoms with Crippen molar-refractivity contribution in [3.05, 3.63) is 60.1 Å². The van der Waals surface area contributed by atoms with Crippen molar-refractivity contribution < 1.29 is 18.3 Å². The van der Waals surface area contributed by atoms with Gasteiger partial charge >= 0.3 is 6.01 Å². The van der Waals surface area contributed by atoms with E-state index in [0.29, 0.717) is 45.2 Å². The Bertz CT molecular complexity index is 1970. The van der Waals surface area contributed by atoms with Gasteiger partial charge in [0.15, 0.2) is 0 Å². The maximum absolute atomic E-state index is 13.7. The number of carbonyl (C=O) groups excluding carboxylic acids is 1. The summed E-state index contributed by atoms with van der Waals surface area (Å²) in [7, 11) is 2.10. The van der Waals surface area contributed by atoms with Crippen molar-refractivity contribution in [2.24, 2.45) is 5.92 Å². The van der Waals surface area contributed by atoms with Gasteiger partial charge in [-0.15, -0.1) is 23.5 Å². The maximum Gasteiger partial charge on any atom is 0.318 e. The molecule has 2 aromatic heterocycles. The monoisotopic (exact) mass is 746 g/mol. The molecule has 1 aromatic carbocycles. The molecule has 8 rings (SSSR count). The number of hydrogen-bond acceptors (Lipinski definition) is 11. The van der Waals surface area contributed by atoms with Crippen LogP contribution in [0, 0.1) is 24.2 Å². The van der Waals surface area contributed by atoms with Crippen molar-refractivity contribution in [1.29, 1.82) is 5.26 Å². The Morgan fingerprint density at radius 1 is 1.17 bits per heavy atom. The third-order valence-electron chi connectivity index (χ3n) is 11.9. The van der Waals surface area contributed by atoms with E-state index in [-0.39, 0.29) is 57.4 Å². The van der Waals surface area contributed by atoms with Crippen LogP contribution in [-0.4, -0.2) is 103 Å². The summed E-state index contributed by atoms with van der Waals surface area (Å²) in [5.74, 6) is -1.85. The minimum Gasteiger partial charge on any atom is -0.462 e. The normalized spacial score (nSPS) is 29.3. The summed E-state index contributed by atoms with van der Waals surface area (Å²) in [5.41, 5.74) is 4.21. The van der Waals surface area contributed by atoms with Crippen LogP contribution in [0.3, 0.4) is 0 Å². The third kappa shape index (κ3) is 6.16. The van der Waals surface area contributed by atoms with E-state index in [9.17, 15) is 18.8 Å². The number of fused-ring (bicyclic) bond motifs is 2. The fraction of sp³-hybridized carbons (Fsp3) is 0.553. The molecule has 52 heavy (non-hydrogen) atoms. The molecule has 14 heteroatoms. The van der Waals surface area contributed by atoms with Crippen molar-refractivity contribution in [3.8, 4) is 12.1 Å². The zero-order valence-electron chi connectivity index (χ0n) is 30.0. The highest BCUT2D eigenvalue weighted by atomic mass is 32.2. The first kappa shape index (κ1) is 35.4. The fourth-order valence-corrected chi connectivity index (χ4v) is 11.2. The van der Waals surface area contributed by atoms with Crippen molar-refractivity contribution in [2.75, 3.05) is 49.6 Å². The lowest BCUT2D eigenvalue weighted by molar-refractivity contribution is -0.128. The summed E-state index contributed by atoms with van der Waals surface area (Å²) in [5, 5.41) is 12.3. The second-order valence-corrected chi connectivity index (χ2v) is 18.3. The van der Waals surface area contributed by atoms with Gasteiger partial charge in [-0.05, 0) is 51.8 Å². The van der Waals surface area contributed by atoms with E-state index in [2.05, 4.69) is 78.3 Å². The van der Waals surface area contributed by atoms with Crippen molar-refractivity contribution in [2.45, 2.75) is 85.2 Å². The van der Waals surface area contributed by atoms with E-state index in [1.807, 2.05) is 24.2 Å². The first-order chi connectivity index (χ1) is 24.8. The molecule has 0 N–H and O–H groups in total. The van der Waals surface area contributed by atoms with Gasteiger partial charge in [-0.2, -0.15) is 15.2 Å². The molecule has 1 aliphatic carbocycles. The standard InChI is InChI=1S/C38H44F2N8O2S2/c1-6-31(49)48-15-14-47(20-26(48)10-12-41)33-27-11-13-46(29-19-42-18-24-9-7-8-23(2)32(24)29)21-28(27)43-35(44-33)50-22-30-37(4,51-30)45(5)34-36(3,52-34)25-16-38(39,40)17-25/h6-9,18-19,25-26,30,34H,1,10-11,13-17,20-22H2,2-5H3/t26-,30?,34?,36-,37-/m0/s1. The third-order valence-corrected chi connectivity index (χ3v) is 15.5. The number of aryl methyl sites for hydroxylation is 1. The number of anilines is 2. The zero-order valence-corrected chi connectivity index (χ0v) is 31.7. The summed E-state index contributed by atoms with van der Waals surface area (Å²) in [6.07, 6.45) is 6.05. The second kappa shape index (κ2) is 13.0. The molecule has 10 nitrogen and oxygen atoms in total. The Balaban J connectivity index is 1.04. The van der Waals surface area contributed by atoms with Crippen LogP contribution in [0.2, 0.25) is 0 Å². The molecule has 1 amide bonds. The number of nitriles is 1. The Morgan fingerprint density at radius 2 is 1.98 bits per heavy atom. The number of carbonyl (C=O) groups is 1. The number of piperazine rings is 1. The lowest BCUT2D eigenvalue weighted by atomic mass is 9.73. The van der Waals surface area contributed by atoms with Crippen LogP contribution >= 0.6 is 23.5 Å². The number of halogens is 2. The average Bonchev–Trinajstić information content (AvgIpc) is 4.02. The molecule has 2 unspecified atom stereocenters. The highest BCUT2D eigenvalue weighted by Crippen LogP contribution is 2.69. The maximum atomic E-state index is 13.7. The van der Waals surface area contributed by atoms with Crippen LogP contribution < -0.4 is 14.5 Å². The molecule has 4 aliphatic heterocycles. The van der Waals surface area contributed by atoms with Crippen LogP contribution in [0.4, 0.5) is 20.3 Å². The Labute approximate surface area is 312 Å². The number of benzene rings is 1. The smallest absolute Gasteiger partial charge is 0.318 e. The summed E-state index contributed by atoms with van der Waals surface area (Å²) in [6, 6.07) is 8.55. The summed E-state index contributed by atoms with van der Waals surface area (Å²) >= 11 is 3.63. The lowest BCUT2D eigenvalue weighted by Gasteiger charge is -2.42. The predicted molar refractivity (Wildman–Crippen MR) is 202 cm³/mol. The van der Waals surface area contributed by atoms with Crippen LogP contribution in [0.25, 0.3) is 10.8 Å².